The van der Waals surface area contributed by atoms with Crippen molar-refractivity contribution in [3.8, 4) is 22.9 Å². The molecule has 296 valence electrons. The molecule has 1 unspecified atom stereocenters. The number of fused-ring (bicyclic) bond motifs is 4. The van der Waals surface area contributed by atoms with Crippen LogP contribution in [-0.4, -0.2) is 105 Å². The van der Waals surface area contributed by atoms with Crippen LogP contribution in [-0.2, 0) is 22.7 Å². The molecule has 14 nitrogen and oxygen atoms in total. The van der Waals surface area contributed by atoms with E-state index in [9.17, 15) is 23.9 Å². The molecule has 3 N–H and O–H groups in total. The van der Waals surface area contributed by atoms with Crippen molar-refractivity contribution in [2.75, 3.05) is 54.4 Å². The number of para-hydroxylation sites is 1. The van der Waals surface area contributed by atoms with Crippen LogP contribution in [0.4, 0.5) is 26.0 Å². The van der Waals surface area contributed by atoms with Crippen LogP contribution in [0.3, 0.4) is 0 Å². The number of hydrogen-bond acceptors (Lipinski definition) is 12. The summed E-state index contributed by atoms with van der Waals surface area (Å²) in [4.78, 5) is 50.2. The topological polar surface area (TPSA) is 156 Å². The number of benzene rings is 2. The van der Waals surface area contributed by atoms with Crippen LogP contribution in [0.5, 0.6) is 11.6 Å². The Morgan fingerprint density at radius 1 is 1.04 bits per heavy atom. The Hall–Kier alpha value is -5.90. The highest BCUT2D eigenvalue weighted by atomic mass is 19.1. The highest BCUT2D eigenvalue weighted by Gasteiger charge is 2.49. The number of ether oxygens (including phenoxy) is 1. The lowest BCUT2D eigenvalue weighted by atomic mass is 9.90. The number of rotatable bonds is 8. The van der Waals surface area contributed by atoms with Gasteiger partial charge in [0.25, 0.3) is 11.8 Å². The minimum atomic E-state index is -0.740. The summed E-state index contributed by atoms with van der Waals surface area (Å²) in [5.41, 5.74) is 4.65. The zero-order valence-corrected chi connectivity index (χ0v) is 31.7. The monoisotopic (exact) mass is 779 g/mol. The van der Waals surface area contributed by atoms with Crippen LogP contribution in [0.25, 0.3) is 11.3 Å². The van der Waals surface area contributed by atoms with Gasteiger partial charge >= 0.3 is 0 Å². The number of carbonyl (C=O) groups is 3. The number of piperidine rings is 1. The number of halogens is 2. The molecule has 0 radical (unpaired) electrons. The average molecular weight is 780 g/mol. The largest absolute Gasteiger partial charge is 0.504 e. The number of aromatic hydroxyl groups is 1. The molecule has 0 aliphatic carbocycles. The van der Waals surface area contributed by atoms with Crippen molar-refractivity contribution in [3.63, 3.8) is 0 Å². The van der Waals surface area contributed by atoms with E-state index < -0.39 is 29.3 Å². The lowest BCUT2D eigenvalue weighted by Crippen LogP contribution is -2.52. The summed E-state index contributed by atoms with van der Waals surface area (Å²) in [5, 5.41) is 24.7. The predicted octanol–water partition coefficient (Wildman–Crippen LogP) is 4.15. The van der Waals surface area contributed by atoms with Gasteiger partial charge in [0.15, 0.2) is 23.2 Å². The summed E-state index contributed by atoms with van der Waals surface area (Å²) in [6.07, 6.45) is 3.26. The van der Waals surface area contributed by atoms with E-state index in [1.54, 1.807) is 30.2 Å². The van der Waals surface area contributed by atoms with Gasteiger partial charge in [0.2, 0.25) is 11.8 Å². The van der Waals surface area contributed by atoms with Crippen LogP contribution in [0.1, 0.15) is 59.7 Å². The fourth-order valence-electron chi connectivity index (χ4n) is 9.01. The SMILES string of the molecule is CC[C@@]12CNc3nnc(-c4cccc(F)c4O)cc3N1C[C@H](Oc1ncc(CN3CCN(c4ccc5c(c4)C(=O)N(C4CCC(=O)NC4=O)C5)CC3)c(C)c1F)C2. The van der Waals surface area contributed by atoms with Crippen molar-refractivity contribution in [3.05, 3.63) is 82.5 Å². The first-order valence-corrected chi connectivity index (χ1v) is 19.4. The second kappa shape index (κ2) is 14.2. The summed E-state index contributed by atoms with van der Waals surface area (Å²) in [6.45, 7) is 8.63. The number of phenols is 1. The fraction of sp³-hybridized carbons (Fsp3) is 0.415. The zero-order chi connectivity index (χ0) is 39.6. The summed E-state index contributed by atoms with van der Waals surface area (Å²) in [7, 11) is 0. The van der Waals surface area contributed by atoms with Crippen molar-refractivity contribution in [2.24, 2.45) is 0 Å². The third-order valence-electron chi connectivity index (χ3n) is 12.4. The third kappa shape index (κ3) is 6.45. The minimum Gasteiger partial charge on any atom is -0.504 e. The van der Waals surface area contributed by atoms with E-state index in [4.69, 9.17) is 4.74 Å². The Kier molecular flexibility index (Phi) is 9.17. The number of amides is 3. The van der Waals surface area contributed by atoms with Crippen molar-refractivity contribution >= 4 is 34.9 Å². The van der Waals surface area contributed by atoms with E-state index >= 15 is 4.39 Å². The molecule has 4 aromatic rings. The number of phenolic OH excluding ortho intramolecular Hbond substituents is 1. The first kappa shape index (κ1) is 36.7. The van der Waals surface area contributed by atoms with E-state index in [1.165, 1.54) is 12.1 Å². The summed E-state index contributed by atoms with van der Waals surface area (Å²) >= 11 is 0. The number of nitrogens with one attached hydrogen (secondary N) is 2. The molecule has 7 heterocycles. The Morgan fingerprint density at radius 3 is 2.65 bits per heavy atom. The van der Waals surface area contributed by atoms with Crippen molar-refractivity contribution in [2.45, 2.75) is 70.3 Å². The number of carbonyl (C=O) groups excluding carboxylic acids is 3. The van der Waals surface area contributed by atoms with Crippen molar-refractivity contribution < 1.29 is 33.0 Å². The molecule has 0 bridgehead atoms. The molecule has 0 spiro atoms. The van der Waals surface area contributed by atoms with Gasteiger partial charge in [0, 0.05) is 81.7 Å². The molecule has 5 aliphatic heterocycles. The van der Waals surface area contributed by atoms with Crippen molar-refractivity contribution in [1.29, 1.82) is 0 Å². The highest BCUT2D eigenvalue weighted by Crippen LogP contribution is 2.45. The molecule has 0 saturated carbocycles. The van der Waals surface area contributed by atoms with Gasteiger partial charge in [0.1, 0.15) is 12.1 Å². The molecule has 2 aromatic carbocycles. The minimum absolute atomic E-state index is 0.0362. The molecule has 16 heteroatoms. The van der Waals surface area contributed by atoms with E-state index in [0.29, 0.717) is 74.7 Å². The van der Waals surface area contributed by atoms with Crippen LogP contribution in [0.2, 0.25) is 0 Å². The van der Waals surface area contributed by atoms with Crippen LogP contribution >= 0.6 is 0 Å². The molecule has 3 atom stereocenters. The normalized spacial score (nSPS) is 23.2. The standard InChI is InChI=1S/C41H43F2N9O5/c1-3-41-17-27(21-52(41)33-16-31(47-48-37(33)45-22-41)28-5-4-6-30(42)36(28)54)57-39-35(43)23(2)25(18-44-39)19-49-11-13-50(14-12-49)26-8-7-24-20-51(40(56)29(24)15-26)32-9-10-34(53)46-38(32)55/h4-8,15-16,18,27,32,54H,3,9-14,17,19-22H2,1-2H3,(H,45,48)(H,46,53,55)/t27-,32?,41-/m1/s1. The summed E-state index contributed by atoms with van der Waals surface area (Å²) in [5.74, 6) is -2.10. The highest BCUT2D eigenvalue weighted by molar-refractivity contribution is 6.05. The van der Waals surface area contributed by atoms with Gasteiger partial charge in [-0.1, -0.05) is 19.1 Å². The van der Waals surface area contributed by atoms with Gasteiger partial charge < -0.3 is 29.9 Å². The quantitative estimate of drug-likeness (QED) is 0.220. The predicted molar refractivity (Wildman–Crippen MR) is 206 cm³/mol. The molecule has 57 heavy (non-hydrogen) atoms. The Balaban J connectivity index is 0.835. The van der Waals surface area contributed by atoms with Gasteiger partial charge in [-0.15, -0.1) is 10.2 Å². The maximum atomic E-state index is 16.0. The lowest BCUT2D eigenvalue weighted by molar-refractivity contribution is -0.136. The van der Waals surface area contributed by atoms with E-state index in [2.05, 4.69) is 47.4 Å². The van der Waals surface area contributed by atoms with Gasteiger partial charge in [-0.05, 0) is 66.8 Å². The molecular formula is C41H43F2N9O5. The number of anilines is 3. The summed E-state index contributed by atoms with van der Waals surface area (Å²) in [6, 6.07) is 11.3. The van der Waals surface area contributed by atoms with E-state index in [0.717, 1.165) is 42.0 Å². The Labute approximate surface area is 327 Å². The Bertz CT molecular complexity index is 2300. The van der Waals surface area contributed by atoms with Crippen LogP contribution in [0, 0.1) is 18.6 Å². The molecule has 9 rings (SSSR count). The second-order valence-corrected chi connectivity index (χ2v) is 15.6. The van der Waals surface area contributed by atoms with Gasteiger partial charge in [-0.3, -0.25) is 24.6 Å². The number of pyridine rings is 1. The lowest BCUT2D eigenvalue weighted by Gasteiger charge is -2.43. The molecule has 3 amide bonds. The number of hydrogen-bond donors (Lipinski definition) is 3. The second-order valence-electron chi connectivity index (χ2n) is 15.6. The van der Waals surface area contributed by atoms with E-state index in [1.807, 2.05) is 18.2 Å². The smallest absolute Gasteiger partial charge is 0.255 e. The summed E-state index contributed by atoms with van der Waals surface area (Å²) < 4.78 is 36.5. The molecular weight excluding hydrogens is 737 g/mol. The fourth-order valence-corrected chi connectivity index (χ4v) is 9.01. The average Bonchev–Trinajstić information content (AvgIpc) is 3.76. The van der Waals surface area contributed by atoms with E-state index in [-0.39, 0.29) is 41.3 Å². The van der Waals surface area contributed by atoms with Crippen LogP contribution < -0.4 is 25.2 Å². The van der Waals surface area contributed by atoms with Gasteiger partial charge in [-0.2, -0.15) is 0 Å². The maximum absolute atomic E-state index is 16.0. The zero-order valence-electron chi connectivity index (χ0n) is 31.7. The Morgan fingerprint density at radius 2 is 1.86 bits per heavy atom. The van der Waals surface area contributed by atoms with Crippen molar-refractivity contribution in [1.82, 2.24) is 30.3 Å². The maximum Gasteiger partial charge on any atom is 0.255 e. The molecule has 3 fully saturated rings. The first-order chi connectivity index (χ1) is 27.5. The number of nitrogens with zero attached hydrogens (tertiary/aromatic N) is 7. The molecule has 5 aliphatic rings. The molecule has 3 saturated heterocycles. The number of imide groups is 1. The molecule has 2 aromatic heterocycles. The first-order valence-electron chi connectivity index (χ1n) is 19.4. The number of aromatic nitrogens is 3. The van der Waals surface area contributed by atoms with Gasteiger partial charge in [-0.25, -0.2) is 13.8 Å². The van der Waals surface area contributed by atoms with Gasteiger partial charge in [0.05, 0.1) is 23.5 Å². The van der Waals surface area contributed by atoms with Crippen LogP contribution in [0.15, 0.2) is 48.7 Å². The third-order valence-corrected chi connectivity index (χ3v) is 12.4. The number of piperazine rings is 1.